The van der Waals surface area contributed by atoms with Crippen LogP contribution in [0.1, 0.15) is 36.8 Å². The molecule has 1 saturated carbocycles. The molecule has 3 rings (SSSR count). The molecule has 28 heavy (non-hydrogen) atoms. The van der Waals surface area contributed by atoms with E-state index >= 15 is 0 Å². The van der Waals surface area contributed by atoms with Crippen molar-refractivity contribution in [3.8, 4) is 0 Å². The molecule has 5 nitrogen and oxygen atoms in total. The van der Waals surface area contributed by atoms with Gasteiger partial charge in [0.2, 0.25) is 15.9 Å². The SMILES string of the molecule is CNS(=O)(=O)c1ccc(CCC(=O)NCC2(c3cccc(Br)c3)CCC2)cc1. The van der Waals surface area contributed by atoms with Crippen molar-refractivity contribution in [3.63, 3.8) is 0 Å². The smallest absolute Gasteiger partial charge is 0.240 e. The van der Waals surface area contributed by atoms with E-state index in [0.29, 0.717) is 19.4 Å². The van der Waals surface area contributed by atoms with Crippen molar-refractivity contribution >= 4 is 31.9 Å². The number of sulfonamides is 1. The van der Waals surface area contributed by atoms with Crippen LogP contribution >= 0.6 is 15.9 Å². The maximum Gasteiger partial charge on any atom is 0.240 e. The number of nitrogens with one attached hydrogen (secondary N) is 2. The summed E-state index contributed by atoms with van der Waals surface area (Å²) < 4.78 is 26.9. The molecule has 1 aliphatic rings. The predicted octanol–water partition coefficient (Wildman–Crippen LogP) is 3.53. The van der Waals surface area contributed by atoms with Crippen molar-refractivity contribution in [1.29, 1.82) is 0 Å². The Hall–Kier alpha value is -1.70. The van der Waals surface area contributed by atoms with Crippen molar-refractivity contribution < 1.29 is 13.2 Å². The molecule has 1 aliphatic carbocycles. The van der Waals surface area contributed by atoms with E-state index in [1.165, 1.54) is 19.0 Å². The van der Waals surface area contributed by atoms with Crippen LogP contribution < -0.4 is 10.0 Å². The minimum atomic E-state index is -3.43. The van der Waals surface area contributed by atoms with Gasteiger partial charge in [-0.1, -0.05) is 46.6 Å². The van der Waals surface area contributed by atoms with E-state index in [2.05, 4.69) is 38.1 Å². The number of halogens is 1. The fraction of sp³-hybridized carbons (Fsp3) is 0.381. The molecule has 0 saturated heterocycles. The van der Waals surface area contributed by atoms with E-state index in [4.69, 9.17) is 0 Å². The highest BCUT2D eigenvalue weighted by atomic mass is 79.9. The number of hydrogen-bond donors (Lipinski definition) is 2. The van der Waals surface area contributed by atoms with E-state index in [9.17, 15) is 13.2 Å². The lowest BCUT2D eigenvalue weighted by Gasteiger charge is -2.42. The summed E-state index contributed by atoms with van der Waals surface area (Å²) in [5.74, 6) is 0.0215. The summed E-state index contributed by atoms with van der Waals surface area (Å²) in [7, 11) is -2.04. The van der Waals surface area contributed by atoms with Gasteiger partial charge in [-0.25, -0.2) is 13.1 Å². The Balaban J connectivity index is 1.53. The van der Waals surface area contributed by atoms with Gasteiger partial charge in [-0.05, 0) is 61.7 Å². The summed E-state index contributed by atoms with van der Waals surface area (Å²) in [6, 6.07) is 15.0. The van der Waals surface area contributed by atoms with Gasteiger partial charge in [0.15, 0.2) is 0 Å². The van der Waals surface area contributed by atoms with Crippen LogP contribution in [0.3, 0.4) is 0 Å². The van der Waals surface area contributed by atoms with Gasteiger partial charge in [-0.3, -0.25) is 4.79 Å². The molecule has 2 N–H and O–H groups in total. The van der Waals surface area contributed by atoms with Gasteiger partial charge in [-0.15, -0.1) is 0 Å². The van der Waals surface area contributed by atoms with Crippen molar-refractivity contribution in [1.82, 2.24) is 10.0 Å². The number of carbonyl (C=O) groups is 1. The number of rotatable bonds is 8. The first-order valence-electron chi connectivity index (χ1n) is 9.40. The van der Waals surface area contributed by atoms with Gasteiger partial charge >= 0.3 is 0 Å². The summed E-state index contributed by atoms with van der Waals surface area (Å²) in [6.45, 7) is 0.654. The fourth-order valence-electron chi connectivity index (χ4n) is 3.56. The van der Waals surface area contributed by atoms with Crippen LogP contribution in [-0.2, 0) is 26.7 Å². The summed E-state index contributed by atoms with van der Waals surface area (Å²) in [5, 5.41) is 3.10. The molecule has 7 heteroatoms. The summed E-state index contributed by atoms with van der Waals surface area (Å²) in [6.07, 6.45) is 4.32. The van der Waals surface area contributed by atoms with E-state index < -0.39 is 10.0 Å². The summed E-state index contributed by atoms with van der Waals surface area (Å²) >= 11 is 3.53. The van der Waals surface area contributed by atoms with Gasteiger partial charge in [0, 0.05) is 22.9 Å². The maximum absolute atomic E-state index is 12.3. The zero-order valence-electron chi connectivity index (χ0n) is 15.9. The normalized spacial score (nSPS) is 15.6. The van der Waals surface area contributed by atoms with Gasteiger partial charge in [-0.2, -0.15) is 0 Å². The van der Waals surface area contributed by atoms with Crippen LogP contribution in [-0.4, -0.2) is 27.9 Å². The van der Waals surface area contributed by atoms with Crippen LogP contribution in [0.5, 0.6) is 0 Å². The molecular weight excluding hydrogens is 440 g/mol. The monoisotopic (exact) mass is 464 g/mol. The molecule has 0 aromatic heterocycles. The fourth-order valence-corrected chi connectivity index (χ4v) is 4.69. The molecule has 0 radical (unpaired) electrons. The number of carbonyl (C=O) groups excluding carboxylic acids is 1. The van der Waals surface area contributed by atoms with Crippen molar-refractivity contribution in [2.75, 3.05) is 13.6 Å². The van der Waals surface area contributed by atoms with Crippen LogP contribution in [0.2, 0.25) is 0 Å². The molecule has 0 bridgehead atoms. The minimum absolute atomic E-state index is 0.0215. The highest BCUT2D eigenvalue weighted by Crippen LogP contribution is 2.43. The Morgan fingerprint density at radius 1 is 1.14 bits per heavy atom. The lowest BCUT2D eigenvalue weighted by molar-refractivity contribution is -0.121. The molecule has 150 valence electrons. The van der Waals surface area contributed by atoms with Crippen LogP contribution in [0, 0.1) is 0 Å². The first-order valence-corrected chi connectivity index (χ1v) is 11.7. The van der Waals surface area contributed by atoms with Crippen LogP contribution in [0.4, 0.5) is 0 Å². The molecule has 2 aromatic rings. The molecule has 2 aromatic carbocycles. The van der Waals surface area contributed by atoms with Gasteiger partial charge < -0.3 is 5.32 Å². The minimum Gasteiger partial charge on any atom is -0.355 e. The zero-order valence-corrected chi connectivity index (χ0v) is 18.3. The average Bonchev–Trinajstić information content (AvgIpc) is 2.66. The largest absolute Gasteiger partial charge is 0.355 e. The van der Waals surface area contributed by atoms with Gasteiger partial charge in [0.05, 0.1) is 4.90 Å². The number of benzene rings is 2. The molecule has 0 aliphatic heterocycles. The van der Waals surface area contributed by atoms with Crippen LogP contribution in [0.25, 0.3) is 0 Å². The Morgan fingerprint density at radius 3 is 2.43 bits per heavy atom. The quantitative estimate of drug-likeness (QED) is 0.627. The third kappa shape index (κ3) is 4.82. The first-order chi connectivity index (χ1) is 13.3. The summed E-state index contributed by atoms with van der Waals surface area (Å²) in [5.41, 5.74) is 2.26. The third-order valence-electron chi connectivity index (χ3n) is 5.51. The Labute approximate surface area is 175 Å². The standard InChI is InChI=1S/C21H25BrN2O3S/c1-23-28(26,27)19-9-6-16(7-10-19)8-11-20(25)24-15-21(12-3-13-21)17-4-2-5-18(22)14-17/h2,4-7,9-10,14,23H,3,8,11-13,15H2,1H3,(H,24,25). The number of aryl methyl sites for hydroxylation is 1. The highest BCUT2D eigenvalue weighted by Gasteiger charge is 2.38. The topological polar surface area (TPSA) is 75.3 Å². The van der Waals surface area contributed by atoms with Gasteiger partial charge in [0.25, 0.3) is 0 Å². The molecule has 0 spiro atoms. The third-order valence-corrected chi connectivity index (χ3v) is 7.44. The van der Waals surface area contributed by atoms with E-state index in [1.54, 1.807) is 24.3 Å². The first kappa shape index (κ1) is 21.0. The van der Waals surface area contributed by atoms with E-state index in [0.717, 1.165) is 22.9 Å². The highest BCUT2D eigenvalue weighted by molar-refractivity contribution is 9.10. The second kappa shape index (κ2) is 8.76. The lowest BCUT2D eigenvalue weighted by atomic mass is 9.64. The van der Waals surface area contributed by atoms with E-state index in [1.807, 2.05) is 12.1 Å². The van der Waals surface area contributed by atoms with Crippen molar-refractivity contribution in [2.45, 2.75) is 42.4 Å². The number of amides is 1. The Kier molecular flexibility index (Phi) is 6.58. The predicted molar refractivity (Wildman–Crippen MR) is 114 cm³/mol. The zero-order chi connectivity index (χ0) is 20.2. The second-order valence-electron chi connectivity index (χ2n) is 7.27. The summed E-state index contributed by atoms with van der Waals surface area (Å²) in [4.78, 5) is 12.6. The molecule has 0 unspecified atom stereocenters. The molecule has 0 heterocycles. The molecule has 0 atom stereocenters. The Morgan fingerprint density at radius 2 is 1.86 bits per heavy atom. The lowest BCUT2D eigenvalue weighted by Crippen LogP contribution is -2.45. The second-order valence-corrected chi connectivity index (χ2v) is 10.1. The number of hydrogen-bond acceptors (Lipinski definition) is 3. The van der Waals surface area contributed by atoms with Gasteiger partial charge in [0.1, 0.15) is 0 Å². The van der Waals surface area contributed by atoms with Crippen LogP contribution in [0.15, 0.2) is 57.9 Å². The molecular formula is C21H25BrN2O3S. The molecule has 1 fully saturated rings. The maximum atomic E-state index is 12.3. The van der Waals surface area contributed by atoms with Crippen molar-refractivity contribution in [3.05, 3.63) is 64.1 Å². The van der Waals surface area contributed by atoms with E-state index in [-0.39, 0.29) is 16.2 Å². The van der Waals surface area contributed by atoms with Crippen molar-refractivity contribution in [2.24, 2.45) is 0 Å². The average molecular weight is 465 g/mol. The Bertz CT molecular complexity index is 938. The molecule has 1 amide bonds.